The number of fused-ring (bicyclic) bond motifs is 1. The van der Waals surface area contributed by atoms with E-state index in [2.05, 4.69) is 120 Å². The first kappa shape index (κ1) is 27.5. The van der Waals surface area contributed by atoms with Crippen molar-refractivity contribution < 1.29 is 9.47 Å². The molecule has 0 radical (unpaired) electrons. The third-order valence-electron chi connectivity index (χ3n) is 8.45. The van der Waals surface area contributed by atoms with Gasteiger partial charge >= 0.3 is 0 Å². The molecule has 0 aliphatic rings. The van der Waals surface area contributed by atoms with Crippen molar-refractivity contribution in [3.8, 4) is 11.5 Å². The molecule has 0 fully saturated rings. The Morgan fingerprint density at radius 2 is 1.24 bits per heavy atom. The maximum absolute atomic E-state index is 5.51. The van der Waals surface area contributed by atoms with Crippen LogP contribution in [0.1, 0.15) is 67.0 Å². The molecule has 2 nitrogen and oxygen atoms in total. The molecule has 0 bridgehead atoms. The predicted octanol–water partition coefficient (Wildman–Crippen LogP) is 9.47. The van der Waals surface area contributed by atoms with Crippen LogP contribution in [0.15, 0.2) is 78.9 Å². The lowest BCUT2D eigenvalue weighted by atomic mass is 9.65. The minimum Gasteiger partial charge on any atom is -0.497 e. The van der Waals surface area contributed by atoms with Crippen molar-refractivity contribution in [2.24, 2.45) is 5.92 Å². The highest BCUT2D eigenvalue weighted by Crippen LogP contribution is 2.44. The van der Waals surface area contributed by atoms with Crippen LogP contribution >= 0.6 is 0 Å². The molecule has 0 spiro atoms. The second-order valence-corrected chi connectivity index (χ2v) is 10.4. The van der Waals surface area contributed by atoms with Gasteiger partial charge in [-0.2, -0.15) is 0 Å². The molecular formula is C36H42O2. The van der Waals surface area contributed by atoms with Crippen LogP contribution in [0, 0.1) is 19.8 Å². The highest BCUT2D eigenvalue weighted by atomic mass is 16.5. The first-order chi connectivity index (χ1) is 18.4. The number of aryl methyl sites for hydroxylation is 2. The van der Waals surface area contributed by atoms with Crippen molar-refractivity contribution in [2.75, 3.05) is 14.2 Å². The first-order valence-electron chi connectivity index (χ1n) is 13.9. The van der Waals surface area contributed by atoms with Gasteiger partial charge in [0.05, 0.1) is 14.2 Å². The molecule has 4 aromatic rings. The number of allylic oxidation sites excluding steroid dienone is 1. The Labute approximate surface area is 229 Å². The van der Waals surface area contributed by atoms with E-state index in [0.29, 0.717) is 5.92 Å². The van der Waals surface area contributed by atoms with Gasteiger partial charge in [-0.15, -0.1) is 0 Å². The van der Waals surface area contributed by atoms with E-state index in [9.17, 15) is 0 Å². The van der Waals surface area contributed by atoms with Crippen molar-refractivity contribution in [3.05, 3.63) is 112 Å². The van der Waals surface area contributed by atoms with E-state index in [4.69, 9.17) is 9.47 Å². The predicted molar refractivity (Wildman–Crippen MR) is 163 cm³/mol. The van der Waals surface area contributed by atoms with Gasteiger partial charge in [0.2, 0.25) is 0 Å². The second-order valence-electron chi connectivity index (χ2n) is 10.4. The zero-order chi connectivity index (χ0) is 27.3. The van der Waals surface area contributed by atoms with Crippen LogP contribution in [0.3, 0.4) is 0 Å². The van der Waals surface area contributed by atoms with Gasteiger partial charge in [0, 0.05) is 5.41 Å². The lowest BCUT2D eigenvalue weighted by Gasteiger charge is -2.38. The Morgan fingerprint density at radius 1 is 0.737 bits per heavy atom. The molecule has 0 N–H and O–H groups in total. The minimum atomic E-state index is -0.317. The Morgan fingerprint density at radius 3 is 1.68 bits per heavy atom. The van der Waals surface area contributed by atoms with E-state index in [0.717, 1.165) is 30.8 Å². The number of hydrogen-bond donors (Lipinski definition) is 0. The Bertz CT molecular complexity index is 1350. The molecule has 1 unspecified atom stereocenters. The van der Waals surface area contributed by atoms with Crippen LogP contribution in [-0.2, 0) is 11.8 Å². The molecular weight excluding hydrogens is 464 g/mol. The van der Waals surface area contributed by atoms with E-state index in [-0.39, 0.29) is 5.41 Å². The summed E-state index contributed by atoms with van der Waals surface area (Å²) < 4.78 is 11.0. The van der Waals surface area contributed by atoms with Gasteiger partial charge in [-0.05, 0) is 94.6 Å². The highest BCUT2D eigenvalue weighted by molar-refractivity contribution is 5.93. The SMILES string of the molecule is CCCc1c(/C=C\C(c2ccc(OC)cc2)(c2ccc(OC)cc2)C(C)CC)c(C)c2ccccc2c1C. The lowest BCUT2D eigenvalue weighted by molar-refractivity contribution is 0.397. The fourth-order valence-electron chi connectivity index (χ4n) is 6.03. The largest absolute Gasteiger partial charge is 0.497 e. The molecule has 0 aliphatic heterocycles. The fraction of sp³-hybridized carbons (Fsp3) is 0.333. The molecule has 2 heteroatoms. The molecule has 0 aromatic heterocycles. The number of hydrogen-bond acceptors (Lipinski definition) is 2. The number of benzene rings is 4. The van der Waals surface area contributed by atoms with Gasteiger partial charge in [-0.1, -0.05) is 94.3 Å². The third kappa shape index (κ3) is 4.97. The maximum atomic E-state index is 5.51. The van der Waals surface area contributed by atoms with E-state index < -0.39 is 0 Å². The summed E-state index contributed by atoms with van der Waals surface area (Å²) in [6, 6.07) is 26.1. The van der Waals surface area contributed by atoms with E-state index >= 15 is 0 Å². The van der Waals surface area contributed by atoms with Crippen LogP contribution in [0.25, 0.3) is 16.8 Å². The van der Waals surface area contributed by atoms with Crippen molar-refractivity contribution in [1.29, 1.82) is 0 Å². The topological polar surface area (TPSA) is 18.5 Å². The van der Waals surface area contributed by atoms with Crippen LogP contribution in [0.2, 0.25) is 0 Å². The summed E-state index contributed by atoms with van der Waals surface area (Å²) >= 11 is 0. The molecule has 4 rings (SSSR count). The summed E-state index contributed by atoms with van der Waals surface area (Å²) in [7, 11) is 3.45. The lowest BCUT2D eigenvalue weighted by Crippen LogP contribution is -2.33. The fourth-order valence-corrected chi connectivity index (χ4v) is 6.03. The summed E-state index contributed by atoms with van der Waals surface area (Å²) in [4.78, 5) is 0. The molecule has 0 saturated heterocycles. The van der Waals surface area contributed by atoms with Gasteiger partial charge in [-0.25, -0.2) is 0 Å². The third-order valence-corrected chi connectivity index (χ3v) is 8.45. The summed E-state index contributed by atoms with van der Waals surface area (Å²) in [6.07, 6.45) is 8.12. The van der Waals surface area contributed by atoms with Crippen LogP contribution < -0.4 is 9.47 Å². The molecule has 0 amide bonds. The van der Waals surface area contributed by atoms with Crippen LogP contribution in [-0.4, -0.2) is 14.2 Å². The smallest absolute Gasteiger partial charge is 0.118 e. The van der Waals surface area contributed by atoms with Gasteiger partial charge in [0.15, 0.2) is 0 Å². The Hall–Kier alpha value is -3.52. The zero-order valence-corrected chi connectivity index (χ0v) is 24.1. The second kappa shape index (κ2) is 11.9. The van der Waals surface area contributed by atoms with Crippen LogP contribution in [0.5, 0.6) is 11.5 Å². The molecule has 1 atom stereocenters. The Balaban J connectivity index is 2.01. The molecule has 0 heterocycles. The molecule has 0 saturated carbocycles. The van der Waals surface area contributed by atoms with Crippen molar-refractivity contribution >= 4 is 16.8 Å². The Kier molecular flexibility index (Phi) is 8.62. The van der Waals surface area contributed by atoms with Crippen molar-refractivity contribution in [3.63, 3.8) is 0 Å². The van der Waals surface area contributed by atoms with Crippen LogP contribution in [0.4, 0.5) is 0 Å². The standard InChI is InChI=1S/C36H42O2/c1-8-12-32-26(4)33-13-10-11-14-34(33)27(5)35(32)23-24-36(25(3)9-2,28-15-19-30(37-6)20-16-28)29-17-21-31(38-7)22-18-29/h10-11,13-25H,8-9,12H2,1-7H3/b24-23-. The summed E-state index contributed by atoms with van der Waals surface area (Å²) in [5, 5.41) is 2.71. The summed E-state index contributed by atoms with van der Waals surface area (Å²) in [6.45, 7) is 11.5. The first-order valence-corrected chi connectivity index (χ1v) is 13.9. The summed E-state index contributed by atoms with van der Waals surface area (Å²) in [5.41, 5.74) is 7.79. The maximum Gasteiger partial charge on any atom is 0.118 e. The monoisotopic (exact) mass is 506 g/mol. The zero-order valence-electron chi connectivity index (χ0n) is 24.1. The number of methoxy groups -OCH3 is 2. The average Bonchev–Trinajstić information content (AvgIpc) is 2.97. The van der Waals surface area contributed by atoms with Crippen molar-refractivity contribution in [1.82, 2.24) is 0 Å². The molecule has 198 valence electrons. The van der Waals surface area contributed by atoms with Gasteiger partial charge in [-0.3, -0.25) is 0 Å². The summed E-state index contributed by atoms with van der Waals surface area (Å²) in [5.74, 6) is 2.10. The molecule has 4 aromatic carbocycles. The molecule has 0 aliphatic carbocycles. The van der Waals surface area contributed by atoms with E-state index in [1.807, 2.05) is 0 Å². The normalized spacial score (nSPS) is 12.7. The van der Waals surface area contributed by atoms with Crippen molar-refractivity contribution in [2.45, 2.75) is 59.3 Å². The number of ether oxygens (including phenoxy) is 2. The minimum absolute atomic E-state index is 0.317. The van der Waals surface area contributed by atoms with Gasteiger partial charge < -0.3 is 9.47 Å². The van der Waals surface area contributed by atoms with Gasteiger partial charge in [0.1, 0.15) is 11.5 Å². The quantitative estimate of drug-likeness (QED) is 0.213. The van der Waals surface area contributed by atoms with Gasteiger partial charge in [0.25, 0.3) is 0 Å². The highest BCUT2D eigenvalue weighted by Gasteiger charge is 2.37. The van der Waals surface area contributed by atoms with E-state index in [1.165, 1.54) is 44.2 Å². The number of rotatable bonds is 10. The molecule has 38 heavy (non-hydrogen) atoms. The average molecular weight is 507 g/mol. The van der Waals surface area contributed by atoms with E-state index in [1.54, 1.807) is 14.2 Å².